The molecule has 3 heteroatoms. The molecule has 13 heavy (non-hydrogen) atoms. The molecule has 0 saturated heterocycles. The first kappa shape index (κ1) is 9.16. The lowest BCUT2D eigenvalue weighted by atomic mass is 9.87. The molecule has 2 rings (SSSR count). The fraction of sp³-hybridized carbons (Fsp3) is 0.400. The van der Waals surface area contributed by atoms with Crippen molar-refractivity contribution in [3.05, 3.63) is 35.4 Å². The second kappa shape index (κ2) is 3.39. The average molecular weight is 244 g/mol. The van der Waals surface area contributed by atoms with Gasteiger partial charge in [-0.3, -0.25) is 0 Å². The number of hydrogen-bond donors (Lipinski definition) is 1. The second-order valence-electron chi connectivity index (χ2n) is 3.39. The van der Waals surface area contributed by atoms with E-state index in [0.717, 1.165) is 11.1 Å². The zero-order valence-corrected chi connectivity index (χ0v) is 8.67. The van der Waals surface area contributed by atoms with E-state index in [2.05, 4.69) is 15.9 Å². The van der Waals surface area contributed by atoms with E-state index in [-0.39, 0.29) is 10.9 Å². The third-order valence-electron chi connectivity index (χ3n) is 2.49. The standard InChI is InChI=1S/C10H11BrFN/c11-8-5-9(13)6-3-1-2-4-7(6)10(8)12/h1-4,8-10H,5,13H2/t8-,9?,10-/m0/s1. The minimum Gasteiger partial charge on any atom is -0.324 e. The number of halogens is 2. The highest BCUT2D eigenvalue weighted by Gasteiger charge is 2.31. The summed E-state index contributed by atoms with van der Waals surface area (Å²) < 4.78 is 13.6. The van der Waals surface area contributed by atoms with E-state index in [1.54, 1.807) is 0 Å². The van der Waals surface area contributed by atoms with Crippen molar-refractivity contribution in [3.63, 3.8) is 0 Å². The molecule has 1 aromatic rings. The van der Waals surface area contributed by atoms with Crippen molar-refractivity contribution in [1.82, 2.24) is 0 Å². The smallest absolute Gasteiger partial charge is 0.138 e. The highest BCUT2D eigenvalue weighted by Crippen LogP contribution is 2.40. The van der Waals surface area contributed by atoms with Gasteiger partial charge in [-0.2, -0.15) is 0 Å². The molecule has 0 aromatic heterocycles. The third-order valence-corrected chi connectivity index (χ3v) is 3.33. The average Bonchev–Trinajstić information content (AvgIpc) is 2.15. The third kappa shape index (κ3) is 1.51. The van der Waals surface area contributed by atoms with E-state index < -0.39 is 6.17 Å². The zero-order valence-electron chi connectivity index (χ0n) is 7.08. The molecule has 1 aliphatic carbocycles. The Hall–Kier alpha value is -0.410. The Labute approximate surface area is 85.3 Å². The Morgan fingerprint density at radius 2 is 1.92 bits per heavy atom. The zero-order chi connectivity index (χ0) is 9.42. The van der Waals surface area contributed by atoms with Gasteiger partial charge >= 0.3 is 0 Å². The fourth-order valence-corrected chi connectivity index (χ4v) is 2.47. The van der Waals surface area contributed by atoms with Crippen LogP contribution in [0, 0.1) is 0 Å². The summed E-state index contributed by atoms with van der Waals surface area (Å²) in [6.45, 7) is 0. The number of hydrogen-bond acceptors (Lipinski definition) is 1. The van der Waals surface area contributed by atoms with Crippen LogP contribution in [0.15, 0.2) is 24.3 Å². The molecule has 0 bridgehead atoms. The van der Waals surface area contributed by atoms with Gasteiger partial charge in [0.1, 0.15) is 6.17 Å². The van der Waals surface area contributed by atoms with Crippen LogP contribution in [-0.2, 0) is 0 Å². The van der Waals surface area contributed by atoms with Gasteiger partial charge in [-0.1, -0.05) is 40.2 Å². The van der Waals surface area contributed by atoms with Gasteiger partial charge in [-0.05, 0) is 17.5 Å². The summed E-state index contributed by atoms with van der Waals surface area (Å²) in [7, 11) is 0. The minimum atomic E-state index is -0.920. The van der Waals surface area contributed by atoms with Gasteiger partial charge in [0.25, 0.3) is 0 Å². The number of rotatable bonds is 0. The molecule has 0 fully saturated rings. The SMILES string of the molecule is NC1C[C@H](Br)[C@@H](F)c2ccccc21. The summed E-state index contributed by atoms with van der Waals surface area (Å²) in [5.74, 6) is 0. The van der Waals surface area contributed by atoms with Crippen molar-refractivity contribution in [2.24, 2.45) is 5.73 Å². The van der Waals surface area contributed by atoms with Gasteiger partial charge in [0, 0.05) is 6.04 Å². The van der Waals surface area contributed by atoms with Crippen LogP contribution in [0.4, 0.5) is 4.39 Å². The number of benzene rings is 1. The second-order valence-corrected chi connectivity index (χ2v) is 4.57. The van der Waals surface area contributed by atoms with E-state index in [1.807, 2.05) is 24.3 Å². The fourth-order valence-electron chi connectivity index (χ4n) is 1.78. The van der Waals surface area contributed by atoms with Crippen molar-refractivity contribution in [1.29, 1.82) is 0 Å². The van der Waals surface area contributed by atoms with E-state index in [9.17, 15) is 4.39 Å². The van der Waals surface area contributed by atoms with Crippen LogP contribution in [0.1, 0.15) is 29.8 Å². The van der Waals surface area contributed by atoms with Gasteiger partial charge in [0.15, 0.2) is 0 Å². The molecule has 1 unspecified atom stereocenters. The predicted molar refractivity (Wildman–Crippen MR) is 54.6 cm³/mol. The monoisotopic (exact) mass is 243 g/mol. The Balaban J connectivity index is 2.47. The Bertz CT molecular complexity index is 316. The highest BCUT2D eigenvalue weighted by molar-refractivity contribution is 9.09. The molecule has 1 aromatic carbocycles. The first-order chi connectivity index (χ1) is 6.20. The van der Waals surface area contributed by atoms with Gasteiger partial charge in [0.2, 0.25) is 0 Å². The van der Waals surface area contributed by atoms with Gasteiger partial charge in [-0.15, -0.1) is 0 Å². The molecule has 0 heterocycles. The maximum atomic E-state index is 13.6. The lowest BCUT2D eigenvalue weighted by Gasteiger charge is -2.28. The molecular weight excluding hydrogens is 233 g/mol. The van der Waals surface area contributed by atoms with Crippen molar-refractivity contribution >= 4 is 15.9 Å². The normalized spacial score (nSPS) is 32.7. The summed E-state index contributed by atoms with van der Waals surface area (Å²) in [4.78, 5) is -0.141. The first-order valence-electron chi connectivity index (χ1n) is 4.32. The Morgan fingerprint density at radius 1 is 1.31 bits per heavy atom. The van der Waals surface area contributed by atoms with Crippen molar-refractivity contribution in [2.45, 2.75) is 23.5 Å². The van der Waals surface area contributed by atoms with Crippen molar-refractivity contribution in [2.75, 3.05) is 0 Å². The van der Waals surface area contributed by atoms with Crippen LogP contribution in [0.5, 0.6) is 0 Å². The highest BCUT2D eigenvalue weighted by atomic mass is 79.9. The molecule has 0 aliphatic heterocycles. The molecule has 1 aliphatic rings. The molecule has 0 amide bonds. The van der Waals surface area contributed by atoms with Crippen molar-refractivity contribution in [3.8, 4) is 0 Å². The van der Waals surface area contributed by atoms with Crippen molar-refractivity contribution < 1.29 is 4.39 Å². The molecule has 0 saturated carbocycles. The summed E-state index contributed by atoms with van der Waals surface area (Å²) in [6, 6.07) is 7.44. The largest absolute Gasteiger partial charge is 0.324 e. The molecule has 3 atom stereocenters. The Kier molecular flexibility index (Phi) is 2.39. The van der Waals surface area contributed by atoms with E-state index in [1.165, 1.54) is 0 Å². The molecule has 0 spiro atoms. The predicted octanol–water partition coefficient (Wildman–Crippen LogP) is 2.86. The maximum Gasteiger partial charge on any atom is 0.138 e. The van der Waals surface area contributed by atoms with E-state index in [4.69, 9.17) is 5.73 Å². The van der Waals surface area contributed by atoms with Crippen LogP contribution >= 0.6 is 15.9 Å². The van der Waals surface area contributed by atoms with E-state index in [0.29, 0.717) is 6.42 Å². The van der Waals surface area contributed by atoms with Crippen LogP contribution in [-0.4, -0.2) is 4.83 Å². The van der Waals surface area contributed by atoms with Crippen LogP contribution in [0.25, 0.3) is 0 Å². The Morgan fingerprint density at radius 3 is 2.62 bits per heavy atom. The molecule has 2 N–H and O–H groups in total. The minimum absolute atomic E-state index is 0.0347. The summed E-state index contributed by atoms with van der Waals surface area (Å²) in [6.07, 6.45) is -0.256. The summed E-state index contributed by atoms with van der Waals surface area (Å²) in [5, 5.41) is 0. The molecule has 70 valence electrons. The van der Waals surface area contributed by atoms with E-state index >= 15 is 0 Å². The van der Waals surface area contributed by atoms with Crippen LogP contribution in [0.3, 0.4) is 0 Å². The molecular formula is C10H11BrFN. The quantitative estimate of drug-likeness (QED) is 0.697. The number of nitrogens with two attached hydrogens (primary N) is 1. The maximum absolute atomic E-state index is 13.6. The summed E-state index contributed by atoms with van der Waals surface area (Å²) >= 11 is 3.31. The number of alkyl halides is 2. The van der Waals surface area contributed by atoms with Gasteiger partial charge in [0.05, 0.1) is 4.83 Å². The molecule has 1 nitrogen and oxygen atoms in total. The number of fused-ring (bicyclic) bond motifs is 1. The lowest BCUT2D eigenvalue weighted by Crippen LogP contribution is -2.26. The van der Waals surface area contributed by atoms with Gasteiger partial charge in [-0.25, -0.2) is 4.39 Å². The molecule has 0 radical (unpaired) electrons. The van der Waals surface area contributed by atoms with Crippen LogP contribution < -0.4 is 5.73 Å². The lowest BCUT2D eigenvalue weighted by molar-refractivity contribution is 0.301. The topological polar surface area (TPSA) is 26.0 Å². The van der Waals surface area contributed by atoms with Gasteiger partial charge < -0.3 is 5.73 Å². The first-order valence-corrected chi connectivity index (χ1v) is 5.24. The summed E-state index contributed by atoms with van der Waals surface area (Å²) in [5.41, 5.74) is 7.59. The van der Waals surface area contributed by atoms with Crippen LogP contribution in [0.2, 0.25) is 0 Å².